The van der Waals surface area contributed by atoms with Crippen molar-refractivity contribution in [1.29, 1.82) is 0 Å². The van der Waals surface area contributed by atoms with E-state index >= 15 is 0 Å². The van der Waals surface area contributed by atoms with Gasteiger partial charge < -0.3 is 9.88 Å². The van der Waals surface area contributed by atoms with Gasteiger partial charge in [0.05, 0.1) is 15.9 Å². The van der Waals surface area contributed by atoms with Gasteiger partial charge in [0, 0.05) is 43.9 Å². The van der Waals surface area contributed by atoms with Crippen molar-refractivity contribution in [2.24, 2.45) is 0 Å². The maximum atomic E-state index is 12.9. The highest BCUT2D eigenvalue weighted by Crippen LogP contribution is 2.25. The van der Waals surface area contributed by atoms with E-state index in [9.17, 15) is 13.2 Å². The number of hydrogen-bond donors (Lipinski definition) is 1. The molecule has 3 heterocycles. The molecule has 0 radical (unpaired) electrons. The molecular formula is C23H30N4O3S2. The van der Waals surface area contributed by atoms with E-state index in [0.29, 0.717) is 42.9 Å². The molecule has 1 aliphatic heterocycles. The molecule has 32 heavy (non-hydrogen) atoms. The number of benzene rings is 1. The first-order valence-electron chi connectivity index (χ1n) is 11.3. The van der Waals surface area contributed by atoms with Crippen LogP contribution in [0.5, 0.6) is 0 Å². The summed E-state index contributed by atoms with van der Waals surface area (Å²) in [6.07, 6.45) is 4.47. The van der Waals surface area contributed by atoms with Gasteiger partial charge in [0.25, 0.3) is 0 Å². The van der Waals surface area contributed by atoms with E-state index in [0.717, 1.165) is 43.6 Å². The number of thiophene rings is 1. The Morgan fingerprint density at radius 1 is 1.19 bits per heavy atom. The van der Waals surface area contributed by atoms with E-state index in [1.807, 2.05) is 17.5 Å². The van der Waals surface area contributed by atoms with Crippen molar-refractivity contribution >= 4 is 38.3 Å². The molecule has 3 aromatic rings. The molecule has 0 spiro atoms. The highest BCUT2D eigenvalue weighted by Gasteiger charge is 2.27. The lowest BCUT2D eigenvalue weighted by atomic mass is 10.2. The molecule has 0 aliphatic carbocycles. The van der Waals surface area contributed by atoms with Gasteiger partial charge in [0.1, 0.15) is 5.82 Å². The van der Waals surface area contributed by atoms with E-state index in [1.54, 1.807) is 27.8 Å². The Morgan fingerprint density at radius 3 is 2.72 bits per heavy atom. The number of hydrogen-bond acceptors (Lipinski definition) is 5. The Morgan fingerprint density at radius 2 is 2.00 bits per heavy atom. The molecule has 2 aromatic heterocycles. The summed E-state index contributed by atoms with van der Waals surface area (Å²) in [6, 6.07) is 9.31. The average Bonchev–Trinajstić information content (AvgIpc) is 3.54. The lowest BCUT2D eigenvalue weighted by Crippen LogP contribution is -2.27. The number of nitrogens with zero attached hydrogens (tertiary/aromatic N) is 3. The average molecular weight is 475 g/mol. The number of fused-ring (bicyclic) bond motifs is 1. The molecule has 7 nitrogen and oxygen atoms in total. The normalized spacial score (nSPS) is 14.9. The summed E-state index contributed by atoms with van der Waals surface area (Å²) in [5, 5.41) is 5.02. The molecule has 0 bridgehead atoms. The van der Waals surface area contributed by atoms with Crippen molar-refractivity contribution < 1.29 is 13.2 Å². The zero-order valence-corrected chi connectivity index (χ0v) is 20.1. The van der Waals surface area contributed by atoms with Crippen molar-refractivity contribution in [2.45, 2.75) is 56.9 Å². The van der Waals surface area contributed by atoms with Crippen LogP contribution in [-0.4, -0.2) is 47.8 Å². The van der Waals surface area contributed by atoms with Crippen LogP contribution in [-0.2, 0) is 34.2 Å². The highest BCUT2D eigenvalue weighted by molar-refractivity contribution is 7.89. The van der Waals surface area contributed by atoms with Gasteiger partial charge in [-0.1, -0.05) is 13.0 Å². The number of amides is 1. The van der Waals surface area contributed by atoms with Crippen LogP contribution in [0.3, 0.4) is 0 Å². The lowest BCUT2D eigenvalue weighted by molar-refractivity contribution is -0.121. The molecule has 1 saturated heterocycles. The Hall–Kier alpha value is -2.23. The number of aromatic nitrogens is 2. The largest absolute Gasteiger partial charge is 0.356 e. The van der Waals surface area contributed by atoms with Gasteiger partial charge in [0.2, 0.25) is 15.9 Å². The predicted molar refractivity (Wildman–Crippen MR) is 127 cm³/mol. The molecule has 1 aromatic carbocycles. The van der Waals surface area contributed by atoms with Crippen molar-refractivity contribution in [3.8, 4) is 0 Å². The van der Waals surface area contributed by atoms with E-state index in [2.05, 4.69) is 22.9 Å². The zero-order chi connectivity index (χ0) is 22.6. The molecule has 4 rings (SSSR count). The Balaban J connectivity index is 1.46. The highest BCUT2D eigenvalue weighted by atomic mass is 32.2. The quantitative estimate of drug-likeness (QED) is 0.487. The van der Waals surface area contributed by atoms with Gasteiger partial charge in [-0.3, -0.25) is 4.79 Å². The topological polar surface area (TPSA) is 84.3 Å². The molecule has 172 valence electrons. The van der Waals surface area contributed by atoms with Gasteiger partial charge in [-0.2, -0.15) is 4.31 Å². The number of aryl methyl sites for hydroxylation is 2. The van der Waals surface area contributed by atoms with Gasteiger partial charge in [-0.05, 0) is 55.3 Å². The minimum absolute atomic E-state index is 0.00830. The van der Waals surface area contributed by atoms with Crippen molar-refractivity contribution in [1.82, 2.24) is 19.2 Å². The standard InChI is InChI=1S/C23H30N4O3S2/c1-2-13-27-21-8-7-19(32(29,30)26-14-3-4-15-26)17-20(21)25-22(27)9-10-23(28)24-12-11-18-6-5-16-31-18/h5-8,16-17H,2-4,9-15H2,1H3,(H,24,28). The third kappa shape index (κ3) is 5.05. The Kier molecular flexibility index (Phi) is 7.27. The van der Waals surface area contributed by atoms with Crippen LogP contribution in [0.25, 0.3) is 11.0 Å². The first-order valence-corrected chi connectivity index (χ1v) is 13.6. The number of carbonyl (C=O) groups is 1. The summed E-state index contributed by atoms with van der Waals surface area (Å²) in [6.45, 7) is 4.67. The second-order valence-corrected chi connectivity index (χ2v) is 11.1. The van der Waals surface area contributed by atoms with Crippen molar-refractivity contribution in [3.05, 3.63) is 46.4 Å². The second-order valence-electron chi connectivity index (χ2n) is 8.12. The third-order valence-electron chi connectivity index (χ3n) is 5.80. The molecule has 1 aliphatic rings. The molecule has 0 atom stereocenters. The van der Waals surface area contributed by atoms with E-state index in [-0.39, 0.29) is 5.91 Å². The Labute approximate surface area is 193 Å². The third-order valence-corrected chi connectivity index (χ3v) is 8.63. The van der Waals surface area contributed by atoms with Crippen LogP contribution >= 0.6 is 11.3 Å². The molecule has 9 heteroatoms. The summed E-state index contributed by atoms with van der Waals surface area (Å²) in [4.78, 5) is 18.6. The number of rotatable bonds is 10. The SMILES string of the molecule is CCCn1c(CCC(=O)NCCc2cccs2)nc2cc(S(=O)(=O)N3CCCC3)ccc21. The van der Waals surface area contributed by atoms with Crippen LogP contribution in [0, 0.1) is 0 Å². The van der Waals surface area contributed by atoms with Crippen LogP contribution < -0.4 is 5.32 Å². The van der Waals surface area contributed by atoms with Crippen LogP contribution in [0.2, 0.25) is 0 Å². The lowest BCUT2D eigenvalue weighted by Gasteiger charge is -2.15. The minimum Gasteiger partial charge on any atom is -0.356 e. The fraction of sp³-hybridized carbons (Fsp3) is 0.478. The molecule has 0 saturated carbocycles. The number of imidazole rings is 1. The van der Waals surface area contributed by atoms with Crippen LogP contribution in [0.1, 0.15) is 43.3 Å². The monoisotopic (exact) mass is 474 g/mol. The van der Waals surface area contributed by atoms with Crippen molar-refractivity contribution in [2.75, 3.05) is 19.6 Å². The smallest absolute Gasteiger partial charge is 0.243 e. The zero-order valence-electron chi connectivity index (χ0n) is 18.4. The summed E-state index contributed by atoms with van der Waals surface area (Å²) >= 11 is 1.69. The summed E-state index contributed by atoms with van der Waals surface area (Å²) in [7, 11) is -3.48. The molecular weight excluding hydrogens is 444 g/mol. The first kappa shape index (κ1) is 22.9. The maximum Gasteiger partial charge on any atom is 0.243 e. The molecule has 1 amide bonds. The number of carbonyl (C=O) groups excluding carboxylic acids is 1. The predicted octanol–water partition coefficient (Wildman–Crippen LogP) is 3.58. The van der Waals surface area contributed by atoms with E-state index in [4.69, 9.17) is 4.98 Å². The minimum atomic E-state index is -3.48. The summed E-state index contributed by atoms with van der Waals surface area (Å²) in [5.41, 5.74) is 1.59. The van der Waals surface area contributed by atoms with Crippen molar-refractivity contribution in [3.63, 3.8) is 0 Å². The van der Waals surface area contributed by atoms with Crippen LogP contribution in [0.15, 0.2) is 40.6 Å². The number of sulfonamides is 1. The van der Waals surface area contributed by atoms with Gasteiger partial charge >= 0.3 is 0 Å². The number of nitrogens with one attached hydrogen (secondary N) is 1. The Bertz CT molecular complexity index is 1160. The molecule has 1 N–H and O–H groups in total. The van der Waals surface area contributed by atoms with Gasteiger partial charge in [-0.25, -0.2) is 13.4 Å². The molecule has 0 unspecified atom stereocenters. The first-order chi connectivity index (χ1) is 15.5. The van der Waals surface area contributed by atoms with E-state index < -0.39 is 10.0 Å². The fourth-order valence-electron chi connectivity index (χ4n) is 4.16. The maximum absolute atomic E-state index is 12.9. The van der Waals surface area contributed by atoms with Crippen LogP contribution in [0.4, 0.5) is 0 Å². The summed E-state index contributed by atoms with van der Waals surface area (Å²) in [5.74, 6) is 0.833. The van der Waals surface area contributed by atoms with Gasteiger partial charge in [-0.15, -0.1) is 11.3 Å². The summed E-state index contributed by atoms with van der Waals surface area (Å²) < 4.78 is 29.5. The molecule has 1 fully saturated rings. The second kappa shape index (κ2) is 10.1. The van der Waals surface area contributed by atoms with Gasteiger partial charge in [0.15, 0.2) is 0 Å². The van der Waals surface area contributed by atoms with E-state index in [1.165, 1.54) is 4.88 Å². The fourth-order valence-corrected chi connectivity index (χ4v) is 6.40.